The van der Waals surface area contributed by atoms with Crippen LogP contribution >= 0.6 is 11.3 Å². The second-order valence-electron chi connectivity index (χ2n) is 3.55. The molecule has 2 nitrogen and oxygen atoms in total. The molecule has 0 radical (unpaired) electrons. The lowest BCUT2D eigenvalue weighted by molar-refractivity contribution is 1.26. The van der Waals surface area contributed by atoms with Gasteiger partial charge in [-0.15, -0.1) is 0 Å². The Kier molecular flexibility index (Phi) is 2.73. The van der Waals surface area contributed by atoms with Gasteiger partial charge in [0.15, 0.2) is 0 Å². The monoisotopic (exact) mass is 218 g/mol. The lowest BCUT2D eigenvalue weighted by Gasteiger charge is -1.96. The van der Waals surface area contributed by atoms with Gasteiger partial charge >= 0.3 is 0 Å². The number of aromatic nitrogens is 1. The zero-order valence-electron chi connectivity index (χ0n) is 9.16. The number of aryl methyl sites for hydroxylation is 2. The van der Waals surface area contributed by atoms with Crippen molar-refractivity contribution in [1.29, 1.82) is 0 Å². The molecule has 0 saturated carbocycles. The smallest absolute Gasteiger partial charge is 0.125 e. The Hall–Kier alpha value is -1.35. The van der Waals surface area contributed by atoms with E-state index >= 15 is 0 Å². The highest BCUT2D eigenvalue weighted by molar-refractivity contribution is 7.19. The van der Waals surface area contributed by atoms with E-state index in [1.807, 2.05) is 14.0 Å². The molecule has 0 aliphatic carbocycles. The van der Waals surface area contributed by atoms with Crippen LogP contribution in [0, 0.1) is 13.8 Å². The van der Waals surface area contributed by atoms with E-state index in [2.05, 4.69) is 41.5 Å². The second-order valence-corrected chi connectivity index (χ2v) is 4.55. The minimum absolute atomic E-state index is 1.07. The predicted octanol–water partition coefficient (Wildman–Crippen LogP) is 3.47. The molecule has 2 rings (SSSR count). The fourth-order valence-electron chi connectivity index (χ4n) is 1.45. The van der Waals surface area contributed by atoms with Gasteiger partial charge in [-0.2, -0.15) is 0 Å². The standard InChI is InChI=1S/C12H14N2S/c1-8-4-6-10(7-5-8)12-14-9(2)11(13-3)15-12/h4-7,13H,1-3H3. The molecule has 0 unspecified atom stereocenters. The highest BCUT2D eigenvalue weighted by Crippen LogP contribution is 2.31. The Morgan fingerprint density at radius 1 is 1.13 bits per heavy atom. The molecular weight excluding hydrogens is 204 g/mol. The van der Waals surface area contributed by atoms with Crippen molar-refractivity contribution in [3.8, 4) is 10.6 Å². The largest absolute Gasteiger partial charge is 0.378 e. The van der Waals surface area contributed by atoms with Gasteiger partial charge < -0.3 is 5.32 Å². The van der Waals surface area contributed by atoms with E-state index in [9.17, 15) is 0 Å². The molecule has 0 bridgehead atoms. The van der Waals surface area contributed by atoms with E-state index in [0.717, 1.165) is 15.7 Å². The van der Waals surface area contributed by atoms with Gasteiger partial charge in [0.05, 0.1) is 5.69 Å². The summed E-state index contributed by atoms with van der Waals surface area (Å²) < 4.78 is 0. The number of hydrogen-bond donors (Lipinski definition) is 1. The van der Waals surface area contributed by atoms with Crippen molar-refractivity contribution in [2.24, 2.45) is 0 Å². The second kappa shape index (κ2) is 4.03. The van der Waals surface area contributed by atoms with E-state index in [4.69, 9.17) is 0 Å². The van der Waals surface area contributed by atoms with Crippen molar-refractivity contribution in [2.45, 2.75) is 13.8 Å². The molecule has 15 heavy (non-hydrogen) atoms. The average Bonchev–Trinajstić information content (AvgIpc) is 2.61. The SMILES string of the molecule is CNc1sc(-c2ccc(C)cc2)nc1C. The Balaban J connectivity index is 2.41. The van der Waals surface area contributed by atoms with E-state index in [1.165, 1.54) is 11.1 Å². The Bertz CT molecular complexity index is 457. The van der Waals surface area contributed by atoms with Crippen LogP contribution < -0.4 is 5.32 Å². The number of nitrogens with one attached hydrogen (secondary N) is 1. The minimum Gasteiger partial charge on any atom is -0.378 e. The molecular formula is C12H14N2S. The maximum Gasteiger partial charge on any atom is 0.125 e. The van der Waals surface area contributed by atoms with Gasteiger partial charge in [0.25, 0.3) is 0 Å². The third kappa shape index (κ3) is 2.02. The highest BCUT2D eigenvalue weighted by Gasteiger charge is 2.07. The van der Waals surface area contributed by atoms with Gasteiger partial charge in [-0.05, 0) is 13.8 Å². The van der Waals surface area contributed by atoms with E-state index in [-0.39, 0.29) is 0 Å². The van der Waals surface area contributed by atoms with Crippen LogP contribution in [0.5, 0.6) is 0 Å². The van der Waals surface area contributed by atoms with Gasteiger partial charge in [-0.3, -0.25) is 0 Å². The third-order valence-electron chi connectivity index (χ3n) is 2.32. The minimum atomic E-state index is 1.07. The molecule has 3 heteroatoms. The van der Waals surface area contributed by atoms with Crippen molar-refractivity contribution in [3.05, 3.63) is 35.5 Å². The van der Waals surface area contributed by atoms with E-state index < -0.39 is 0 Å². The lowest BCUT2D eigenvalue weighted by Crippen LogP contribution is -1.85. The van der Waals surface area contributed by atoms with Crippen LogP contribution in [0.1, 0.15) is 11.3 Å². The van der Waals surface area contributed by atoms with Crippen LogP contribution in [0.25, 0.3) is 10.6 Å². The molecule has 0 aliphatic heterocycles. The Morgan fingerprint density at radius 3 is 2.33 bits per heavy atom. The summed E-state index contributed by atoms with van der Waals surface area (Å²) >= 11 is 1.70. The number of rotatable bonds is 2. The lowest BCUT2D eigenvalue weighted by atomic mass is 10.2. The van der Waals surface area contributed by atoms with Crippen molar-refractivity contribution >= 4 is 16.3 Å². The van der Waals surface area contributed by atoms with Crippen LogP contribution in [0.3, 0.4) is 0 Å². The molecule has 0 saturated heterocycles. The summed E-state index contributed by atoms with van der Waals surface area (Å²) in [4.78, 5) is 4.54. The predicted molar refractivity (Wildman–Crippen MR) is 66.6 cm³/mol. The van der Waals surface area contributed by atoms with Crippen LogP contribution in [-0.2, 0) is 0 Å². The highest BCUT2D eigenvalue weighted by atomic mass is 32.1. The molecule has 1 N–H and O–H groups in total. The normalized spacial score (nSPS) is 10.3. The molecule has 2 aromatic rings. The van der Waals surface area contributed by atoms with Crippen LogP contribution in [0.2, 0.25) is 0 Å². The first kappa shape index (κ1) is 10.2. The molecule has 1 aromatic carbocycles. The fourth-order valence-corrected chi connectivity index (χ4v) is 2.37. The summed E-state index contributed by atoms with van der Waals surface area (Å²) in [6, 6.07) is 8.47. The topological polar surface area (TPSA) is 24.9 Å². The van der Waals surface area contributed by atoms with Crippen molar-refractivity contribution in [3.63, 3.8) is 0 Å². The number of anilines is 1. The molecule has 0 spiro atoms. The molecule has 1 aromatic heterocycles. The third-order valence-corrected chi connectivity index (χ3v) is 3.55. The van der Waals surface area contributed by atoms with E-state index in [1.54, 1.807) is 11.3 Å². The van der Waals surface area contributed by atoms with Gasteiger partial charge in [-0.1, -0.05) is 41.2 Å². The van der Waals surface area contributed by atoms with Crippen LogP contribution in [0.15, 0.2) is 24.3 Å². The number of nitrogens with zero attached hydrogens (tertiary/aromatic N) is 1. The summed E-state index contributed by atoms with van der Waals surface area (Å²) in [5.74, 6) is 0. The molecule has 1 heterocycles. The molecule has 0 atom stereocenters. The molecule has 0 fully saturated rings. The summed E-state index contributed by atoms with van der Waals surface area (Å²) in [6.07, 6.45) is 0. The zero-order valence-corrected chi connectivity index (χ0v) is 9.98. The van der Waals surface area contributed by atoms with Gasteiger partial charge in [0.2, 0.25) is 0 Å². The molecule has 78 valence electrons. The average molecular weight is 218 g/mol. The first-order chi connectivity index (χ1) is 7.20. The number of thiazole rings is 1. The van der Waals surface area contributed by atoms with Crippen LogP contribution in [-0.4, -0.2) is 12.0 Å². The number of benzene rings is 1. The zero-order chi connectivity index (χ0) is 10.8. The summed E-state index contributed by atoms with van der Waals surface area (Å²) in [7, 11) is 1.93. The quantitative estimate of drug-likeness (QED) is 0.835. The molecule has 0 aliphatic rings. The van der Waals surface area contributed by atoms with E-state index in [0.29, 0.717) is 0 Å². The Morgan fingerprint density at radius 2 is 1.80 bits per heavy atom. The van der Waals surface area contributed by atoms with Gasteiger partial charge in [0, 0.05) is 12.6 Å². The van der Waals surface area contributed by atoms with Crippen molar-refractivity contribution in [1.82, 2.24) is 4.98 Å². The summed E-state index contributed by atoms with van der Waals surface area (Å²) in [5.41, 5.74) is 3.54. The van der Waals surface area contributed by atoms with Crippen molar-refractivity contribution < 1.29 is 0 Å². The first-order valence-electron chi connectivity index (χ1n) is 4.93. The first-order valence-corrected chi connectivity index (χ1v) is 5.74. The van der Waals surface area contributed by atoms with Gasteiger partial charge in [0.1, 0.15) is 10.0 Å². The van der Waals surface area contributed by atoms with Crippen molar-refractivity contribution in [2.75, 3.05) is 12.4 Å². The fraction of sp³-hybridized carbons (Fsp3) is 0.250. The summed E-state index contributed by atoms with van der Waals surface area (Å²) in [5, 5.41) is 5.38. The van der Waals surface area contributed by atoms with Gasteiger partial charge in [-0.25, -0.2) is 4.98 Å². The maximum absolute atomic E-state index is 4.54. The van der Waals surface area contributed by atoms with Crippen LogP contribution in [0.4, 0.5) is 5.00 Å². The summed E-state index contributed by atoms with van der Waals surface area (Å²) in [6.45, 7) is 4.12. The maximum atomic E-state index is 4.54. The number of hydrogen-bond acceptors (Lipinski definition) is 3. The Labute approximate surface area is 94.0 Å². The molecule has 0 amide bonds.